The predicted octanol–water partition coefficient (Wildman–Crippen LogP) is 0.883. The molecule has 1 aromatic carbocycles. The summed E-state index contributed by atoms with van der Waals surface area (Å²) >= 11 is 0. The standard InChI is InChI=1S/C10H12FNO2S/c1-12-9-6-15(13,14)10(9)7-2-4-8(11)5-3-7/h2-5,9-10,12H,6H2,1H3. The molecule has 3 nitrogen and oxygen atoms in total. The Labute approximate surface area is 88.2 Å². The first-order valence-corrected chi connectivity index (χ1v) is 6.40. The van der Waals surface area contributed by atoms with Crippen molar-refractivity contribution in [2.75, 3.05) is 12.8 Å². The van der Waals surface area contributed by atoms with Crippen molar-refractivity contribution < 1.29 is 12.8 Å². The van der Waals surface area contributed by atoms with E-state index in [1.165, 1.54) is 24.3 Å². The molecule has 0 aliphatic carbocycles. The van der Waals surface area contributed by atoms with Crippen molar-refractivity contribution in [3.63, 3.8) is 0 Å². The molecule has 0 amide bonds. The van der Waals surface area contributed by atoms with Crippen molar-refractivity contribution >= 4 is 9.84 Å². The van der Waals surface area contributed by atoms with Gasteiger partial charge in [0.2, 0.25) is 0 Å². The van der Waals surface area contributed by atoms with Gasteiger partial charge in [-0.3, -0.25) is 0 Å². The Kier molecular flexibility index (Phi) is 2.52. The van der Waals surface area contributed by atoms with Gasteiger partial charge in [-0.1, -0.05) is 12.1 Å². The van der Waals surface area contributed by atoms with Crippen LogP contribution in [0.1, 0.15) is 10.8 Å². The Balaban J connectivity index is 2.33. The van der Waals surface area contributed by atoms with Crippen molar-refractivity contribution in [1.29, 1.82) is 0 Å². The maximum atomic E-state index is 12.7. The van der Waals surface area contributed by atoms with Crippen LogP contribution in [0.25, 0.3) is 0 Å². The fourth-order valence-electron chi connectivity index (χ4n) is 1.90. The Hall–Kier alpha value is -0.940. The van der Waals surface area contributed by atoms with Crippen LogP contribution in [0.2, 0.25) is 0 Å². The van der Waals surface area contributed by atoms with Gasteiger partial charge in [0.1, 0.15) is 11.1 Å². The third-order valence-electron chi connectivity index (χ3n) is 2.73. The second-order valence-electron chi connectivity index (χ2n) is 3.70. The molecule has 0 bridgehead atoms. The molecule has 1 aliphatic rings. The number of hydrogen-bond donors (Lipinski definition) is 1. The normalized spacial score (nSPS) is 28.4. The lowest BCUT2D eigenvalue weighted by atomic mass is 10.1. The fourth-order valence-corrected chi connectivity index (χ4v) is 3.91. The van der Waals surface area contributed by atoms with E-state index in [2.05, 4.69) is 5.32 Å². The van der Waals surface area contributed by atoms with E-state index < -0.39 is 15.1 Å². The zero-order chi connectivity index (χ0) is 11.1. The molecule has 2 atom stereocenters. The molecule has 2 rings (SSSR count). The molecule has 0 spiro atoms. The van der Waals surface area contributed by atoms with Gasteiger partial charge in [-0.05, 0) is 24.7 Å². The van der Waals surface area contributed by atoms with E-state index in [0.717, 1.165) is 0 Å². The maximum Gasteiger partial charge on any atom is 0.160 e. The summed E-state index contributed by atoms with van der Waals surface area (Å²) in [5, 5.41) is 2.42. The third-order valence-corrected chi connectivity index (χ3v) is 4.93. The first kappa shape index (κ1) is 10.6. The second-order valence-corrected chi connectivity index (χ2v) is 5.86. The Bertz CT molecular complexity index is 455. The highest BCUT2D eigenvalue weighted by Gasteiger charge is 2.45. The number of sulfone groups is 1. The van der Waals surface area contributed by atoms with Crippen molar-refractivity contribution in [1.82, 2.24) is 5.32 Å². The van der Waals surface area contributed by atoms with Crippen LogP contribution in [0.4, 0.5) is 4.39 Å². The molecule has 82 valence electrons. The van der Waals surface area contributed by atoms with Gasteiger partial charge in [-0.2, -0.15) is 0 Å². The molecule has 5 heteroatoms. The first-order chi connectivity index (χ1) is 7.04. The topological polar surface area (TPSA) is 46.2 Å². The predicted molar refractivity (Wildman–Crippen MR) is 55.8 cm³/mol. The summed E-state index contributed by atoms with van der Waals surface area (Å²) < 4.78 is 35.8. The number of benzene rings is 1. The van der Waals surface area contributed by atoms with Crippen LogP contribution in [0.15, 0.2) is 24.3 Å². The van der Waals surface area contributed by atoms with Crippen LogP contribution in [-0.2, 0) is 9.84 Å². The second kappa shape index (κ2) is 3.57. The van der Waals surface area contributed by atoms with Crippen LogP contribution in [-0.4, -0.2) is 27.3 Å². The van der Waals surface area contributed by atoms with Gasteiger partial charge in [0.15, 0.2) is 9.84 Å². The minimum atomic E-state index is -3.03. The van der Waals surface area contributed by atoms with Gasteiger partial charge in [0, 0.05) is 6.04 Å². The van der Waals surface area contributed by atoms with Crippen molar-refractivity contribution in [2.24, 2.45) is 0 Å². The highest BCUT2D eigenvalue weighted by molar-refractivity contribution is 7.93. The molecule has 15 heavy (non-hydrogen) atoms. The molecule has 0 radical (unpaired) electrons. The van der Waals surface area contributed by atoms with Gasteiger partial charge in [-0.25, -0.2) is 12.8 Å². The van der Waals surface area contributed by atoms with Gasteiger partial charge >= 0.3 is 0 Å². The average Bonchev–Trinajstić information content (AvgIpc) is 2.18. The fraction of sp³-hybridized carbons (Fsp3) is 0.400. The molecule has 1 aromatic rings. The molecule has 1 heterocycles. The van der Waals surface area contributed by atoms with Crippen LogP contribution in [0.5, 0.6) is 0 Å². The van der Waals surface area contributed by atoms with E-state index in [9.17, 15) is 12.8 Å². The highest BCUT2D eigenvalue weighted by Crippen LogP contribution is 2.36. The van der Waals surface area contributed by atoms with Crippen LogP contribution >= 0.6 is 0 Å². The van der Waals surface area contributed by atoms with E-state index in [0.29, 0.717) is 5.56 Å². The Morgan fingerprint density at radius 1 is 1.33 bits per heavy atom. The van der Waals surface area contributed by atoms with Crippen LogP contribution in [0, 0.1) is 5.82 Å². The minimum absolute atomic E-state index is 0.0551. The third kappa shape index (κ3) is 1.77. The SMILES string of the molecule is CNC1CS(=O)(=O)C1c1ccc(F)cc1. The van der Waals surface area contributed by atoms with E-state index in [-0.39, 0.29) is 17.6 Å². The zero-order valence-electron chi connectivity index (χ0n) is 8.27. The summed E-state index contributed by atoms with van der Waals surface area (Å²) in [6.45, 7) is 0. The smallest absolute Gasteiger partial charge is 0.160 e. The lowest BCUT2D eigenvalue weighted by Gasteiger charge is -2.36. The van der Waals surface area contributed by atoms with Gasteiger partial charge in [0.25, 0.3) is 0 Å². The molecule has 1 saturated heterocycles. The lowest BCUT2D eigenvalue weighted by molar-refractivity contribution is 0.482. The molecule has 1 aliphatic heterocycles. The molecule has 0 saturated carbocycles. The number of hydrogen-bond acceptors (Lipinski definition) is 3. The van der Waals surface area contributed by atoms with E-state index >= 15 is 0 Å². The van der Waals surface area contributed by atoms with Crippen molar-refractivity contribution in [3.05, 3.63) is 35.6 Å². The molecular formula is C10H12FNO2S. The quantitative estimate of drug-likeness (QED) is 0.819. The summed E-state index contributed by atoms with van der Waals surface area (Å²) in [5.41, 5.74) is 0.655. The van der Waals surface area contributed by atoms with Gasteiger partial charge in [0.05, 0.1) is 5.75 Å². The number of likely N-dealkylation sites (N-methyl/N-ethyl adjacent to an activating group) is 1. The van der Waals surface area contributed by atoms with Crippen LogP contribution < -0.4 is 5.32 Å². The summed E-state index contributed by atoms with van der Waals surface area (Å²) in [5.74, 6) is -0.192. The summed E-state index contributed by atoms with van der Waals surface area (Å²) in [4.78, 5) is 0. The number of nitrogens with one attached hydrogen (secondary N) is 1. The first-order valence-electron chi connectivity index (χ1n) is 4.69. The summed E-state index contributed by atoms with van der Waals surface area (Å²) in [6, 6.07) is 5.58. The summed E-state index contributed by atoms with van der Waals surface area (Å²) in [6.07, 6.45) is 0. The monoisotopic (exact) mass is 229 g/mol. The van der Waals surface area contributed by atoms with Gasteiger partial charge < -0.3 is 5.32 Å². The largest absolute Gasteiger partial charge is 0.314 e. The molecule has 1 N–H and O–H groups in total. The number of rotatable bonds is 2. The summed E-state index contributed by atoms with van der Waals surface area (Å²) in [7, 11) is -1.30. The van der Waals surface area contributed by atoms with Crippen molar-refractivity contribution in [2.45, 2.75) is 11.3 Å². The Morgan fingerprint density at radius 2 is 1.93 bits per heavy atom. The molecule has 0 aromatic heterocycles. The Morgan fingerprint density at radius 3 is 2.40 bits per heavy atom. The molecule has 2 unspecified atom stereocenters. The molecular weight excluding hydrogens is 217 g/mol. The van der Waals surface area contributed by atoms with E-state index in [1.54, 1.807) is 7.05 Å². The van der Waals surface area contributed by atoms with Crippen LogP contribution in [0.3, 0.4) is 0 Å². The van der Waals surface area contributed by atoms with E-state index in [1.807, 2.05) is 0 Å². The maximum absolute atomic E-state index is 12.7. The highest BCUT2D eigenvalue weighted by atomic mass is 32.2. The minimum Gasteiger partial charge on any atom is -0.314 e. The number of halogens is 1. The molecule has 1 fully saturated rings. The van der Waals surface area contributed by atoms with Gasteiger partial charge in [-0.15, -0.1) is 0 Å². The van der Waals surface area contributed by atoms with Crippen molar-refractivity contribution in [3.8, 4) is 0 Å². The lowest BCUT2D eigenvalue weighted by Crippen LogP contribution is -2.52. The zero-order valence-corrected chi connectivity index (χ0v) is 9.09. The average molecular weight is 229 g/mol. The van der Waals surface area contributed by atoms with E-state index in [4.69, 9.17) is 0 Å².